The van der Waals surface area contributed by atoms with Gasteiger partial charge in [0.2, 0.25) is 0 Å². The molecule has 0 saturated carbocycles. The number of carbonyl (C=O) groups excluding carboxylic acids is 1. The molecule has 3 rings (SSSR count). The molecule has 118 valence electrons. The van der Waals surface area contributed by atoms with Gasteiger partial charge in [0, 0.05) is 26.8 Å². The third-order valence-electron chi connectivity index (χ3n) is 3.57. The molecule has 8 nitrogen and oxygen atoms in total. The molecular weight excluding hydrogens is 286 g/mol. The number of methoxy groups -OCH3 is 1. The monoisotopic (exact) mass is 305 g/mol. The molecule has 1 atom stereocenters. The first-order valence-electron chi connectivity index (χ1n) is 7.17. The van der Waals surface area contributed by atoms with Crippen molar-refractivity contribution in [2.75, 3.05) is 19.0 Å². The lowest BCUT2D eigenvalue weighted by Crippen LogP contribution is -2.16. The third kappa shape index (κ3) is 3.02. The molecule has 0 unspecified atom stereocenters. The number of ether oxygens (including phenoxy) is 2. The molecule has 2 aromatic rings. The summed E-state index contributed by atoms with van der Waals surface area (Å²) in [4.78, 5) is 12.3. The largest absolute Gasteiger partial charge is 0.378 e. The van der Waals surface area contributed by atoms with E-state index in [9.17, 15) is 4.79 Å². The quantitative estimate of drug-likeness (QED) is 0.870. The van der Waals surface area contributed by atoms with E-state index >= 15 is 0 Å². The molecule has 0 bridgehead atoms. The van der Waals surface area contributed by atoms with Gasteiger partial charge >= 0.3 is 0 Å². The molecular formula is C14H19N5O3. The van der Waals surface area contributed by atoms with Gasteiger partial charge in [-0.3, -0.25) is 14.6 Å². The molecule has 3 heterocycles. The molecule has 0 radical (unpaired) electrons. The number of nitrogens with zero attached hydrogens (tertiary/aromatic N) is 3. The van der Waals surface area contributed by atoms with Crippen LogP contribution in [-0.2, 0) is 23.1 Å². The average molecular weight is 305 g/mol. The number of H-pyrrole nitrogens is 1. The minimum absolute atomic E-state index is 0.0446. The Morgan fingerprint density at radius 1 is 1.59 bits per heavy atom. The summed E-state index contributed by atoms with van der Waals surface area (Å²) in [6, 6.07) is 3.51. The Morgan fingerprint density at radius 2 is 2.45 bits per heavy atom. The Kier molecular flexibility index (Phi) is 4.21. The van der Waals surface area contributed by atoms with E-state index in [-0.39, 0.29) is 12.0 Å². The summed E-state index contributed by atoms with van der Waals surface area (Å²) in [6.07, 6.45) is 2.06. The zero-order valence-corrected chi connectivity index (χ0v) is 12.6. The molecule has 0 spiro atoms. The van der Waals surface area contributed by atoms with Gasteiger partial charge in [-0.05, 0) is 18.9 Å². The van der Waals surface area contributed by atoms with E-state index in [1.165, 1.54) is 4.68 Å². The summed E-state index contributed by atoms with van der Waals surface area (Å²) in [5.74, 6) is 0.215. The maximum atomic E-state index is 12.3. The molecule has 2 N–H and O–H groups in total. The first kappa shape index (κ1) is 14.7. The van der Waals surface area contributed by atoms with Crippen molar-refractivity contribution in [3.63, 3.8) is 0 Å². The van der Waals surface area contributed by atoms with Crippen LogP contribution < -0.4 is 5.32 Å². The zero-order chi connectivity index (χ0) is 15.5. The van der Waals surface area contributed by atoms with Crippen LogP contribution in [0.1, 0.15) is 40.8 Å². The second-order valence-electron chi connectivity index (χ2n) is 5.24. The van der Waals surface area contributed by atoms with Gasteiger partial charge < -0.3 is 14.8 Å². The van der Waals surface area contributed by atoms with Crippen LogP contribution in [0.25, 0.3) is 0 Å². The molecule has 1 fully saturated rings. The van der Waals surface area contributed by atoms with Crippen LogP contribution in [0.4, 0.5) is 5.82 Å². The summed E-state index contributed by atoms with van der Waals surface area (Å²) in [7, 11) is 3.31. The van der Waals surface area contributed by atoms with Crippen molar-refractivity contribution in [3.05, 3.63) is 29.2 Å². The van der Waals surface area contributed by atoms with E-state index in [1.54, 1.807) is 26.3 Å². The highest BCUT2D eigenvalue weighted by Crippen LogP contribution is 2.28. The maximum absolute atomic E-state index is 12.3. The van der Waals surface area contributed by atoms with Gasteiger partial charge in [-0.15, -0.1) is 0 Å². The van der Waals surface area contributed by atoms with Crippen molar-refractivity contribution < 1.29 is 14.3 Å². The SMILES string of the molecule is COCc1cc(C(=O)Nc2cc([C@@H]3CCCO3)[nH]n2)n(C)n1. The normalized spacial score (nSPS) is 17.8. The minimum atomic E-state index is -0.261. The van der Waals surface area contributed by atoms with Crippen LogP contribution in [0.5, 0.6) is 0 Å². The van der Waals surface area contributed by atoms with Crippen molar-refractivity contribution >= 4 is 11.7 Å². The van der Waals surface area contributed by atoms with Crippen molar-refractivity contribution in [2.24, 2.45) is 7.05 Å². The molecule has 1 amide bonds. The molecule has 0 aliphatic carbocycles. The first-order valence-corrected chi connectivity index (χ1v) is 7.17. The average Bonchev–Trinajstić information content (AvgIpc) is 3.19. The summed E-state index contributed by atoms with van der Waals surface area (Å²) in [5.41, 5.74) is 2.05. The van der Waals surface area contributed by atoms with Gasteiger partial charge in [0.15, 0.2) is 5.82 Å². The number of anilines is 1. The maximum Gasteiger partial charge on any atom is 0.275 e. The summed E-state index contributed by atoms with van der Waals surface area (Å²) < 4.78 is 12.1. The predicted octanol–water partition coefficient (Wildman–Crippen LogP) is 1.39. The van der Waals surface area contributed by atoms with E-state index in [1.807, 2.05) is 0 Å². The van der Waals surface area contributed by atoms with Crippen LogP contribution in [0, 0.1) is 0 Å². The van der Waals surface area contributed by atoms with Gasteiger partial charge in [0.05, 0.1) is 24.1 Å². The predicted molar refractivity (Wildman–Crippen MR) is 78.4 cm³/mol. The van der Waals surface area contributed by atoms with Crippen LogP contribution in [-0.4, -0.2) is 39.6 Å². The first-order chi connectivity index (χ1) is 10.7. The highest BCUT2D eigenvalue weighted by molar-refractivity contribution is 6.02. The van der Waals surface area contributed by atoms with Gasteiger partial charge in [-0.2, -0.15) is 10.2 Å². The fraction of sp³-hybridized carbons (Fsp3) is 0.500. The number of rotatable bonds is 5. The van der Waals surface area contributed by atoms with Crippen molar-refractivity contribution in [2.45, 2.75) is 25.6 Å². The number of carbonyl (C=O) groups is 1. The zero-order valence-electron chi connectivity index (χ0n) is 12.6. The highest BCUT2D eigenvalue weighted by Gasteiger charge is 2.21. The summed E-state index contributed by atoms with van der Waals surface area (Å²) in [5, 5.41) is 14.0. The Labute approximate surface area is 127 Å². The van der Waals surface area contributed by atoms with E-state index in [0.717, 1.165) is 25.1 Å². The van der Waals surface area contributed by atoms with E-state index in [4.69, 9.17) is 9.47 Å². The number of aryl methyl sites for hydroxylation is 1. The van der Waals surface area contributed by atoms with Crippen LogP contribution in [0.3, 0.4) is 0 Å². The molecule has 8 heteroatoms. The third-order valence-corrected chi connectivity index (χ3v) is 3.57. The molecule has 1 aliphatic heterocycles. The highest BCUT2D eigenvalue weighted by atomic mass is 16.5. The van der Waals surface area contributed by atoms with E-state index in [0.29, 0.717) is 23.8 Å². The lowest BCUT2D eigenvalue weighted by molar-refractivity contribution is 0.101. The smallest absolute Gasteiger partial charge is 0.275 e. The van der Waals surface area contributed by atoms with Crippen molar-refractivity contribution in [3.8, 4) is 0 Å². The molecule has 2 aromatic heterocycles. The second kappa shape index (κ2) is 6.29. The lowest BCUT2D eigenvalue weighted by Gasteiger charge is -2.04. The summed E-state index contributed by atoms with van der Waals surface area (Å²) in [6.45, 7) is 1.13. The van der Waals surface area contributed by atoms with Crippen molar-refractivity contribution in [1.82, 2.24) is 20.0 Å². The second-order valence-corrected chi connectivity index (χ2v) is 5.24. The standard InChI is InChI=1S/C14H19N5O3/c1-19-11(6-9(18-19)8-21-2)14(20)15-13-7-10(16-17-13)12-4-3-5-22-12/h6-7,12H,3-5,8H2,1-2H3,(H2,15,16,17,20)/t12-/m0/s1. The number of aromatic amines is 1. The Balaban J connectivity index is 1.68. The lowest BCUT2D eigenvalue weighted by atomic mass is 10.2. The Bertz CT molecular complexity index is 657. The van der Waals surface area contributed by atoms with Crippen LogP contribution >= 0.6 is 0 Å². The molecule has 0 aromatic carbocycles. The topological polar surface area (TPSA) is 94.1 Å². The van der Waals surface area contributed by atoms with E-state index in [2.05, 4.69) is 20.6 Å². The fourth-order valence-corrected chi connectivity index (χ4v) is 2.53. The molecule has 1 saturated heterocycles. The summed E-state index contributed by atoms with van der Waals surface area (Å²) >= 11 is 0. The molecule has 1 aliphatic rings. The Hall–Kier alpha value is -2.19. The van der Waals surface area contributed by atoms with Crippen LogP contribution in [0.2, 0.25) is 0 Å². The Morgan fingerprint density at radius 3 is 3.18 bits per heavy atom. The van der Waals surface area contributed by atoms with Gasteiger partial charge in [-0.25, -0.2) is 0 Å². The molecule has 22 heavy (non-hydrogen) atoms. The van der Waals surface area contributed by atoms with Gasteiger partial charge in [-0.1, -0.05) is 0 Å². The van der Waals surface area contributed by atoms with Gasteiger partial charge in [0.25, 0.3) is 5.91 Å². The fourth-order valence-electron chi connectivity index (χ4n) is 2.53. The van der Waals surface area contributed by atoms with Gasteiger partial charge in [0.1, 0.15) is 5.69 Å². The van der Waals surface area contributed by atoms with Crippen molar-refractivity contribution in [1.29, 1.82) is 0 Å². The minimum Gasteiger partial charge on any atom is -0.378 e. The van der Waals surface area contributed by atoms with Crippen LogP contribution in [0.15, 0.2) is 12.1 Å². The number of nitrogens with one attached hydrogen (secondary N) is 2. The number of hydrogen-bond donors (Lipinski definition) is 2. The van der Waals surface area contributed by atoms with E-state index < -0.39 is 0 Å². The number of amides is 1. The number of hydrogen-bond acceptors (Lipinski definition) is 5. The number of aromatic nitrogens is 4.